The molecule has 0 spiro atoms. The zero-order valence-corrected chi connectivity index (χ0v) is 11.9. The smallest absolute Gasteiger partial charge is 0.156 e. The van der Waals surface area contributed by atoms with E-state index >= 15 is 0 Å². The summed E-state index contributed by atoms with van der Waals surface area (Å²) >= 11 is 1.91. The maximum absolute atomic E-state index is 4.87. The highest BCUT2D eigenvalue weighted by Gasteiger charge is 2.41. The monoisotopic (exact) mass is 252 g/mol. The summed E-state index contributed by atoms with van der Waals surface area (Å²) < 4.78 is 0. The van der Waals surface area contributed by atoms with Crippen molar-refractivity contribution in [2.24, 2.45) is 22.7 Å². The minimum Gasteiger partial charge on any atom is -0.360 e. The maximum Gasteiger partial charge on any atom is 0.156 e. The van der Waals surface area contributed by atoms with Gasteiger partial charge < -0.3 is 5.32 Å². The molecule has 3 rings (SSSR count). The third-order valence-electron chi connectivity index (χ3n) is 4.31. The molecule has 1 heterocycles. The Morgan fingerprint density at radius 3 is 2.47 bits per heavy atom. The summed E-state index contributed by atoms with van der Waals surface area (Å²) in [6.45, 7) is 5.64. The number of thioether (sulfide) groups is 1. The average molecular weight is 252 g/mol. The lowest BCUT2D eigenvalue weighted by Gasteiger charge is -2.32. The molecule has 1 N–H and O–H groups in total. The Hall–Kier alpha value is -0.180. The molecule has 0 aromatic rings. The number of hydrogen-bond donors (Lipinski definition) is 1. The van der Waals surface area contributed by atoms with Crippen molar-refractivity contribution in [3.8, 4) is 0 Å². The molecule has 96 valence electrons. The van der Waals surface area contributed by atoms with Gasteiger partial charge in [-0.25, -0.2) is 0 Å². The molecular formula is C14H24N2S. The molecular weight excluding hydrogens is 228 g/mol. The summed E-state index contributed by atoms with van der Waals surface area (Å²) in [7, 11) is 0. The Morgan fingerprint density at radius 2 is 1.94 bits per heavy atom. The highest BCUT2D eigenvalue weighted by molar-refractivity contribution is 8.13. The minimum atomic E-state index is 0.249. The van der Waals surface area contributed by atoms with Crippen LogP contribution in [0.3, 0.4) is 0 Å². The summed E-state index contributed by atoms with van der Waals surface area (Å²) in [6.07, 6.45) is 7.12. The fourth-order valence-electron chi connectivity index (χ4n) is 2.80. The fraction of sp³-hybridized carbons (Fsp3) is 0.929. The van der Waals surface area contributed by atoms with Crippen LogP contribution in [0, 0.1) is 17.8 Å². The normalized spacial score (nSPS) is 30.6. The maximum atomic E-state index is 4.87. The van der Waals surface area contributed by atoms with Crippen LogP contribution in [-0.4, -0.2) is 23.0 Å². The van der Waals surface area contributed by atoms with Gasteiger partial charge in [-0.15, -0.1) is 0 Å². The van der Waals surface area contributed by atoms with Gasteiger partial charge in [0.1, 0.15) is 0 Å². The first kappa shape index (κ1) is 11.9. The highest BCUT2D eigenvalue weighted by Crippen LogP contribution is 2.49. The van der Waals surface area contributed by atoms with Crippen molar-refractivity contribution in [2.45, 2.75) is 51.5 Å². The van der Waals surface area contributed by atoms with Crippen molar-refractivity contribution < 1.29 is 0 Å². The van der Waals surface area contributed by atoms with Crippen LogP contribution >= 0.6 is 11.8 Å². The first-order valence-electron chi connectivity index (χ1n) is 7.09. The molecule has 0 aromatic heterocycles. The van der Waals surface area contributed by atoms with Gasteiger partial charge in [-0.3, -0.25) is 4.99 Å². The van der Waals surface area contributed by atoms with Crippen LogP contribution in [0.25, 0.3) is 0 Å². The van der Waals surface area contributed by atoms with Crippen LogP contribution in [0.4, 0.5) is 0 Å². The van der Waals surface area contributed by atoms with E-state index in [1.165, 1.54) is 43.0 Å². The van der Waals surface area contributed by atoms with Crippen LogP contribution in [0.15, 0.2) is 4.99 Å². The van der Waals surface area contributed by atoms with Crippen LogP contribution in [0.1, 0.15) is 46.0 Å². The molecule has 2 nitrogen and oxygen atoms in total. The number of aliphatic imine (C=N–C) groups is 1. The van der Waals surface area contributed by atoms with E-state index in [0.717, 1.165) is 24.3 Å². The lowest BCUT2D eigenvalue weighted by Crippen LogP contribution is -2.46. The van der Waals surface area contributed by atoms with Gasteiger partial charge >= 0.3 is 0 Å². The van der Waals surface area contributed by atoms with E-state index in [1.807, 2.05) is 11.8 Å². The van der Waals surface area contributed by atoms with Crippen molar-refractivity contribution in [3.63, 3.8) is 0 Å². The third kappa shape index (κ3) is 3.18. The molecule has 17 heavy (non-hydrogen) atoms. The predicted octanol–water partition coefficient (Wildman–Crippen LogP) is 3.28. The largest absolute Gasteiger partial charge is 0.360 e. The molecule has 0 amide bonds. The van der Waals surface area contributed by atoms with Crippen LogP contribution in [-0.2, 0) is 0 Å². The van der Waals surface area contributed by atoms with Gasteiger partial charge in [0.2, 0.25) is 0 Å². The van der Waals surface area contributed by atoms with Gasteiger partial charge in [-0.1, -0.05) is 11.8 Å². The topological polar surface area (TPSA) is 24.4 Å². The predicted molar refractivity (Wildman–Crippen MR) is 75.5 cm³/mol. The standard InChI is InChI=1S/C14H24N2S/c1-14(2)7-8-17-13(16-14)15-9-12(10-3-4-10)11-5-6-11/h10-12H,3-9H2,1-2H3,(H,15,16). The summed E-state index contributed by atoms with van der Waals surface area (Å²) in [5, 5.41) is 4.78. The zero-order valence-electron chi connectivity index (χ0n) is 11.0. The molecule has 1 aliphatic heterocycles. The third-order valence-corrected chi connectivity index (χ3v) is 5.22. The van der Waals surface area contributed by atoms with Crippen molar-refractivity contribution in [3.05, 3.63) is 0 Å². The molecule has 3 fully saturated rings. The quantitative estimate of drug-likeness (QED) is 0.830. The first-order valence-corrected chi connectivity index (χ1v) is 8.08. The second kappa shape index (κ2) is 4.49. The molecule has 0 aromatic carbocycles. The van der Waals surface area contributed by atoms with Gasteiger partial charge in [0, 0.05) is 17.8 Å². The van der Waals surface area contributed by atoms with E-state index in [1.54, 1.807) is 0 Å². The SMILES string of the molecule is CC1(C)CCSC(=NCC(C2CC2)C2CC2)N1. The van der Waals surface area contributed by atoms with Gasteiger partial charge in [0.15, 0.2) is 5.17 Å². The van der Waals surface area contributed by atoms with E-state index in [0.29, 0.717) is 0 Å². The molecule has 3 aliphatic rings. The fourth-order valence-corrected chi connectivity index (χ4v) is 4.12. The Balaban J connectivity index is 1.57. The zero-order chi connectivity index (χ0) is 11.9. The number of hydrogen-bond acceptors (Lipinski definition) is 2. The van der Waals surface area contributed by atoms with Crippen molar-refractivity contribution in [1.29, 1.82) is 0 Å². The number of nitrogens with one attached hydrogen (secondary N) is 1. The van der Waals surface area contributed by atoms with Crippen molar-refractivity contribution in [2.75, 3.05) is 12.3 Å². The second-order valence-electron chi connectivity index (χ2n) is 6.59. The van der Waals surface area contributed by atoms with E-state index in [9.17, 15) is 0 Å². The Bertz CT molecular complexity index is 304. The van der Waals surface area contributed by atoms with E-state index in [2.05, 4.69) is 19.2 Å². The van der Waals surface area contributed by atoms with E-state index < -0.39 is 0 Å². The molecule has 0 radical (unpaired) electrons. The van der Waals surface area contributed by atoms with Crippen molar-refractivity contribution in [1.82, 2.24) is 5.32 Å². The molecule has 2 aliphatic carbocycles. The van der Waals surface area contributed by atoms with Crippen LogP contribution in [0.2, 0.25) is 0 Å². The molecule has 3 heteroatoms. The second-order valence-corrected chi connectivity index (χ2v) is 7.68. The Kier molecular flexibility index (Phi) is 3.14. The van der Waals surface area contributed by atoms with Gasteiger partial charge in [0.05, 0.1) is 0 Å². The Labute approximate surface area is 109 Å². The molecule has 0 atom stereocenters. The number of rotatable bonds is 4. The number of amidine groups is 1. The molecule has 0 bridgehead atoms. The molecule has 1 saturated heterocycles. The summed E-state index contributed by atoms with van der Waals surface area (Å²) in [5.74, 6) is 4.17. The minimum absolute atomic E-state index is 0.249. The highest BCUT2D eigenvalue weighted by atomic mass is 32.2. The van der Waals surface area contributed by atoms with Crippen molar-refractivity contribution >= 4 is 16.9 Å². The molecule has 2 saturated carbocycles. The van der Waals surface area contributed by atoms with E-state index in [-0.39, 0.29) is 5.54 Å². The average Bonchev–Trinajstić information content (AvgIpc) is 3.12. The Morgan fingerprint density at radius 1 is 1.29 bits per heavy atom. The lowest BCUT2D eigenvalue weighted by atomic mass is 9.98. The van der Waals surface area contributed by atoms with Gasteiger partial charge in [0.25, 0.3) is 0 Å². The van der Waals surface area contributed by atoms with E-state index in [4.69, 9.17) is 4.99 Å². The van der Waals surface area contributed by atoms with Crippen LogP contribution < -0.4 is 5.32 Å². The van der Waals surface area contributed by atoms with Gasteiger partial charge in [-0.2, -0.15) is 0 Å². The van der Waals surface area contributed by atoms with Gasteiger partial charge in [-0.05, 0) is 63.7 Å². The van der Waals surface area contributed by atoms with Crippen LogP contribution in [0.5, 0.6) is 0 Å². The summed E-state index contributed by atoms with van der Waals surface area (Å²) in [5.41, 5.74) is 0.249. The summed E-state index contributed by atoms with van der Waals surface area (Å²) in [4.78, 5) is 4.87. The lowest BCUT2D eigenvalue weighted by molar-refractivity contribution is 0.413. The summed E-state index contributed by atoms with van der Waals surface area (Å²) in [6, 6.07) is 0. The first-order chi connectivity index (χ1) is 8.14. The number of nitrogens with zero attached hydrogens (tertiary/aromatic N) is 1. The molecule has 0 unspecified atom stereocenters.